The average molecular weight is 433 g/mol. The van der Waals surface area contributed by atoms with E-state index in [4.69, 9.17) is 16.3 Å². The van der Waals surface area contributed by atoms with Gasteiger partial charge >= 0.3 is 6.09 Å². The van der Waals surface area contributed by atoms with E-state index in [0.717, 1.165) is 49.1 Å². The Bertz CT molecular complexity index is 868. The van der Waals surface area contributed by atoms with Crippen LogP contribution in [-0.2, 0) is 4.74 Å². The zero-order valence-electron chi connectivity index (χ0n) is 18.5. The maximum atomic E-state index is 13.0. The van der Waals surface area contributed by atoms with Crippen molar-refractivity contribution in [2.75, 3.05) is 24.5 Å². The molecule has 1 aromatic carbocycles. The molecule has 0 saturated carbocycles. The van der Waals surface area contributed by atoms with E-state index in [9.17, 15) is 4.79 Å². The molecule has 3 rings (SSSR count). The number of anilines is 1. The fraction of sp³-hybridized carbons (Fsp3) is 0.609. The molecule has 0 bridgehead atoms. The first-order chi connectivity index (χ1) is 14.3. The molecule has 0 unspecified atom stereocenters. The van der Waals surface area contributed by atoms with Crippen LogP contribution in [0.1, 0.15) is 59.8 Å². The molecule has 164 valence electrons. The van der Waals surface area contributed by atoms with Crippen molar-refractivity contribution in [2.24, 2.45) is 0 Å². The summed E-state index contributed by atoms with van der Waals surface area (Å²) in [6.07, 6.45) is 5.12. The lowest BCUT2D eigenvalue weighted by atomic mass is 10.1. The number of carbonyl (C=O) groups is 1. The van der Waals surface area contributed by atoms with E-state index in [1.54, 1.807) is 0 Å². The molecule has 1 amide bonds. The Morgan fingerprint density at radius 1 is 1.23 bits per heavy atom. The van der Waals surface area contributed by atoms with Crippen molar-refractivity contribution >= 4 is 34.4 Å². The van der Waals surface area contributed by atoms with E-state index in [1.807, 2.05) is 49.9 Å². The number of carbonyl (C=O) groups excluding carboxylic acids is 1. The highest BCUT2D eigenvalue weighted by Gasteiger charge is 2.34. The number of hydrogen-bond donors (Lipinski definition) is 0. The van der Waals surface area contributed by atoms with E-state index in [-0.39, 0.29) is 17.4 Å². The second kappa shape index (κ2) is 9.82. The fourth-order valence-corrected chi connectivity index (χ4v) is 4.09. The first-order valence-electron chi connectivity index (χ1n) is 11.0. The molecule has 6 nitrogen and oxygen atoms in total. The number of halogens is 1. The number of benzene rings is 1. The van der Waals surface area contributed by atoms with Crippen LogP contribution >= 0.6 is 11.6 Å². The number of rotatable bonds is 7. The van der Waals surface area contributed by atoms with E-state index in [0.29, 0.717) is 6.54 Å². The van der Waals surface area contributed by atoms with Crippen molar-refractivity contribution in [1.82, 2.24) is 14.9 Å². The highest BCUT2D eigenvalue weighted by Crippen LogP contribution is 2.30. The van der Waals surface area contributed by atoms with Crippen molar-refractivity contribution in [3.63, 3.8) is 0 Å². The summed E-state index contributed by atoms with van der Waals surface area (Å²) in [5.74, 6) is 0.836. The topological polar surface area (TPSA) is 58.6 Å². The number of hydrogen-bond acceptors (Lipinski definition) is 5. The highest BCUT2D eigenvalue weighted by molar-refractivity contribution is 6.28. The summed E-state index contributed by atoms with van der Waals surface area (Å²) >= 11 is 6.19. The van der Waals surface area contributed by atoms with E-state index >= 15 is 0 Å². The SMILES string of the molecule is CCCCCCN(C(=O)OC(C)(C)C)[C@H]1CCN(c2nc(Cl)nc3ccccc23)C1. The van der Waals surface area contributed by atoms with Gasteiger partial charge in [-0.15, -0.1) is 0 Å². The van der Waals surface area contributed by atoms with Crippen LogP contribution in [0.4, 0.5) is 10.6 Å². The Balaban J connectivity index is 1.77. The molecular weight excluding hydrogens is 400 g/mol. The minimum atomic E-state index is -0.507. The van der Waals surface area contributed by atoms with Crippen LogP contribution in [0.3, 0.4) is 0 Å². The van der Waals surface area contributed by atoms with Crippen molar-refractivity contribution < 1.29 is 9.53 Å². The predicted molar refractivity (Wildman–Crippen MR) is 122 cm³/mol. The molecule has 0 N–H and O–H groups in total. The lowest BCUT2D eigenvalue weighted by molar-refractivity contribution is 0.0174. The zero-order valence-corrected chi connectivity index (χ0v) is 19.3. The van der Waals surface area contributed by atoms with Gasteiger partial charge < -0.3 is 14.5 Å². The Morgan fingerprint density at radius 3 is 2.73 bits per heavy atom. The van der Waals surface area contributed by atoms with Gasteiger partial charge in [-0.1, -0.05) is 38.3 Å². The van der Waals surface area contributed by atoms with Gasteiger partial charge in [0.05, 0.1) is 11.6 Å². The Hall–Kier alpha value is -2.08. The summed E-state index contributed by atoms with van der Waals surface area (Å²) in [5, 5.41) is 1.23. The summed E-state index contributed by atoms with van der Waals surface area (Å²) in [5.41, 5.74) is 0.326. The smallest absolute Gasteiger partial charge is 0.410 e. The first kappa shape index (κ1) is 22.6. The lowest BCUT2D eigenvalue weighted by Gasteiger charge is -2.32. The van der Waals surface area contributed by atoms with E-state index in [2.05, 4.69) is 21.8 Å². The third-order valence-corrected chi connectivity index (χ3v) is 5.51. The summed E-state index contributed by atoms with van der Waals surface area (Å²) < 4.78 is 5.72. The minimum absolute atomic E-state index is 0.0916. The van der Waals surface area contributed by atoms with Gasteiger partial charge in [-0.25, -0.2) is 9.78 Å². The number of unbranched alkanes of at least 4 members (excludes halogenated alkanes) is 3. The van der Waals surface area contributed by atoms with Gasteiger partial charge in [-0.2, -0.15) is 4.98 Å². The van der Waals surface area contributed by atoms with Gasteiger partial charge in [0.2, 0.25) is 5.28 Å². The van der Waals surface area contributed by atoms with Crippen LogP contribution in [-0.4, -0.2) is 52.2 Å². The molecule has 1 aliphatic heterocycles. The zero-order chi connectivity index (χ0) is 21.7. The van der Waals surface area contributed by atoms with Gasteiger partial charge in [0, 0.05) is 25.0 Å². The minimum Gasteiger partial charge on any atom is -0.444 e. The molecule has 1 fully saturated rings. The van der Waals surface area contributed by atoms with Gasteiger partial charge in [-0.3, -0.25) is 0 Å². The van der Waals surface area contributed by atoms with Gasteiger partial charge in [0.25, 0.3) is 0 Å². The molecule has 2 aromatic rings. The largest absolute Gasteiger partial charge is 0.444 e. The first-order valence-corrected chi connectivity index (χ1v) is 11.3. The fourth-order valence-electron chi connectivity index (χ4n) is 3.91. The van der Waals surface area contributed by atoms with Crippen molar-refractivity contribution in [3.05, 3.63) is 29.5 Å². The summed E-state index contributed by atoms with van der Waals surface area (Å²) in [4.78, 5) is 25.9. The van der Waals surface area contributed by atoms with Crippen LogP contribution in [0.15, 0.2) is 24.3 Å². The predicted octanol–water partition coefficient (Wildman–Crippen LogP) is 5.68. The number of nitrogens with zero attached hydrogens (tertiary/aromatic N) is 4. The maximum Gasteiger partial charge on any atom is 0.410 e. The van der Waals surface area contributed by atoms with Crippen molar-refractivity contribution in [1.29, 1.82) is 0 Å². The standard InChI is InChI=1S/C23H33ClN4O2/c1-5-6-7-10-14-28(22(29)30-23(2,3)4)17-13-15-27(16-17)20-18-11-8-9-12-19(18)25-21(24)26-20/h8-9,11-12,17H,5-7,10,13-16H2,1-4H3/t17-/m0/s1. The third-order valence-electron chi connectivity index (χ3n) is 5.34. The highest BCUT2D eigenvalue weighted by atomic mass is 35.5. The average Bonchev–Trinajstić information content (AvgIpc) is 3.15. The molecule has 1 aromatic heterocycles. The van der Waals surface area contributed by atoms with E-state index < -0.39 is 5.60 Å². The number of aromatic nitrogens is 2. The Morgan fingerprint density at radius 2 is 2.00 bits per heavy atom. The lowest BCUT2D eigenvalue weighted by Crippen LogP contribution is -2.45. The number of ether oxygens (including phenoxy) is 1. The number of fused-ring (bicyclic) bond motifs is 1. The van der Waals surface area contributed by atoms with Crippen LogP contribution in [0.25, 0.3) is 10.9 Å². The monoisotopic (exact) mass is 432 g/mol. The van der Waals surface area contributed by atoms with Crippen LogP contribution in [0, 0.1) is 0 Å². The molecule has 0 spiro atoms. The Labute approximate surface area is 184 Å². The molecule has 1 aliphatic rings. The quantitative estimate of drug-likeness (QED) is 0.416. The number of amides is 1. The van der Waals surface area contributed by atoms with Crippen LogP contribution in [0.5, 0.6) is 0 Å². The van der Waals surface area contributed by atoms with Crippen LogP contribution in [0.2, 0.25) is 5.28 Å². The van der Waals surface area contributed by atoms with Gasteiger partial charge in [-0.05, 0) is 57.3 Å². The second-order valence-electron chi connectivity index (χ2n) is 8.96. The molecule has 0 radical (unpaired) electrons. The summed E-state index contributed by atoms with van der Waals surface area (Å²) in [7, 11) is 0. The third kappa shape index (κ3) is 5.75. The van der Waals surface area contributed by atoms with Gasteiger partial charge in [0.1, 0.15) is 11.4 Å². The molecule has 2 heterocycles. The molecule has 30 heavy (non-hydrogen) atoms. The molecule has 7 heteroatoms. The Kier molecular flexibility index (Phi) is 7.40. The van der Waals surface area contributed by atoms with Crippen LogP contribution < -0.4 is 4.90 Å². The van der Waals surface area contributed by atoms with Crippen molar-refractivity contribution in [2.45, 2.75) is 71.4 Å². The molecule has 1 atom stereocenters. The summed E-state index contributed by atoms with van der Waals surface area (Å²) in [6.45, 7) is 10.2. The molecule has 0 aliphatic carbocycles. The second-order valence-corrected chi connectivity index (χ2v) is 9.29. The molecular formula is C23H33ClN4O2. The number of para-hydroxylation sites is 1. The maximum absolute atomic E-state index is 13.0. The summed E-state index contributed by atoms with van der Waals surface area (Å²) in [6, 6.07) is 7.99. The van der Waals surface area contributed by atoms with Crippen molar-refractivity contribution in [3.8, 4) is 0 Å². The van der Waals surface area contributed by atoms with Gasteiger partial charge in [0.15, 0.2) is 0 Å². The normalized spacial score (nSPS) is 16.8. The molecule has 1 saturated heterocycles. The van der Waals surface area contributed by atoms with E-state index in [1.165, 1.54) is 12.8 Å².